The molecule has 1 atom stereocenters. The second kappa shape index (κ2) is 7.41. The highest BCUT2D eigenvalue weighted by Gasteiger charge is 2.27. The number of hydrogen-bond acceptors (Lipinski definition) is 4. The molecule has 28 heavy (non-hydrogen) atoms. The molecule has 0 amide bonds. The molecule has 146 valence electrons. The van der Waals surface area contributed by atoms with E-state index in [0.717, 1.165) is 30.4 Å². The van der Waals surface area contributed by atoms with E-state index in [9.17, 15) is 8.42 Å². The zero-order chi connectivity index (χ0) is 19.7. The van der Waals surface area contributed by atoms with Crippen molar-refractivity contribution in [2.75, 3.05) is 7.11 Å². The van der Waals surface area contributed by atoms with Crippen LogP contribution >= 0.6 is 0 Å². The van der Waals surface area contributed by atoms with E-state index in [-0.39, 0.29) is 4.90 Å². The van der Waals surface area contributed by atoms with Crippen LogP contribution < -0.4 is 9.46 Å². The van der Waals surface area contributed by atoms with Crippen molar-refractivity contribution < 1.29 is 13.2 Å². The monoisotopic (exact) mass is 397 g/mol. The minimum atomic E-state index is -3.74. The van der Waals surface area contributed by atoms with Gasteiger partial charge in [0.25, 0.3) is 0 Å². The van der Waals surface area contributed by atoms with E-state index in [2.05, 4.69) is 9.71 Å². The third-order valence-corrected chi connectivity index (χ3v) is 6.62. The molecule has 0 radical (unpaired) electrons. The third kappa shape index (κ3) is 3.55. The molecule has 0 aliphatic heterocycles. The average molecular weight is 398 g/mol. The van der Waals surface area contributed by atoms with Gasteiger partial charge in [-0.1, -0.05) is 18.2 Å². The van der Waals surface area contributed by atoms with Gasteiger partial charge in [-0.25, -0.2) is 13.4 Å². The number of imidazole rings is 1. The standard InChI is InChI=1S/C21H23N3O3S/c1-24-12-11-22-21(24)20(17-7-4-8-18(13-17)27-2)23-28(25,26)19-10-9-15-5-3-6-16(15)14-19/h4,7-14,20,23H,3,5-6H2,1-2H3. The first-order valence-corrected chi connectivity index (χ1v) is 10.7. The van der Waals surface area contributed by atoms with Gasteiger partial charge in [-0.15, -0.1) is 0 Å². The van der Waals surface area contributed by atoms with Crippen LogP contribution in [0.25, 0.3) is 0 Å². The normalized spacial score (nSPS) is 14.6. The van der Waals surface area contributed by atoms with Crippen LogP contribution in [-0.4, -0.2) is 25.1 Å². The number of ether oxygens (including phenoxy) is 1. The van der Waals surface area contributed by atoms with Crippen molar-refractivity contribution in [3.05, 3.63) is 77.4 Å². The highest BCUT2D eigenvalue weighted by atomic mass is 32.2. The lowest BCUT2D eigenvalue weighted by Crippen LogP contribution is -2.31. The van der Waals surface area contributed by atoms with Gasteiger partial charge in [-0.2, -0.15) is 4.72 Å². The maximum Gasteiger partial charge on any atom is 0.241 e. The molecule has 6 nitrogen and oxygen atoms in total. The number of nitrogens with one attached hydrogen (secondary N) is 1. The fourth-order valence-corrected chi connectivity index (χ4v) is 4.92. The van der Waals surface area contributed by atoms with Crippen molar-refractivity contribution in [2.24, 2.45) is 7.05 Å². The first kappa shape index (κ1) is 18.7. The summed E-state index contributed by atoms with van der Waals surface area (Å²) in [6.45, 7) is 0. The molecule has 7 heteroatoms. The predicted molar refractivity (Wildman–Crippen MR) is 107 cm³/mol. The summed E-state index contributed by atoms with van der Waals surface area (Å²) >= 11 is 0. The first-order valence-electron chi connectivity index (χ1n) is 9.23. The maximum atomic E-state index is 13.2. The van der Waals surface area contributed by atoms with Crippen LogP contribution in [0.15, 0.2) is 59.8 Å². The predicted octanol–water partition coefficient (Wildman–Crippen LogP) is 2.99. The molecule has 1 aliphatic carbocycles. The molecule has 1 heterocycles. The van der Waals surface area contributed by atoms with Crippen LogP contribution in [0.1, 0.15) is 35.0 Å². The molecule has 0 fully saturated rings. The van der Waals surface area contributed by atoms with Gasteiger partial charge in [0.15, 0.2) is 0 Å². The molecule has 0 saturated carbocycles. The Morgan fingerprint density at radius 3 is 2.71 bits per heavy atom. The minimum absolute atomic E-state index is 0.287. The van der Waals surface area contributed by atoms with Crippen molar-refractivity contribution in [1.82, 2.24) is 14.3 Å². The quantitative estimate of drug-likeness (QED) is 0.694. The van der Waals surface area contributed by atoms with Crippen molar-refractivity contribution in [1.29, 1.82) is 0 Å². The molecule has 1 aromatic heterocycles. The Hall–Kier alpha value is -2.64. The molecule has 3 aromatic rings. The van der Waals surface area contributed by atoms with Gasteiger partial charge < -0.3 is 9.30 Å². The van der Waals surface area contributed by atoms with E-state index in [1.54, 1.807) is 31.6 Å². The van der Waals surface area contributed by atoms with E-state index in [1.807, 2.05) is 41.9 Å². The largest absolute Gasteiger partial charge is 0.497 e. The fraction of sp³-hybridized carbons (Fsp3) is 0.286. The Morgan fingerprint density at radius 1 is 1.14 bits per heavy atom. The zero-order valence-corrected chi connectivity index (χ0v) is 16.7. The minimum Gasteiger partial charge on any atom is -0.497 e. The second-order valence-corrected chi connectivity index (χ2v) is 8.73. The average Bonchev–Trinajstić information content (AvgIpc) is 3.34. The van der Waals surface area contributed by atoms with Crippen LogP contribution in [0.5, 0.6) is 5.75 Å². The number of sulfonamides is 1. The zero-order valence-electron chi connectivity index (χ0n) is 15.9. The summed E-state index contributed by atoms with van der Waals surface area (Å²) in [6, 6.07) is 12.1. The molecule has 1 aliphatic rings. The number of aromatic nitrogens is 2. The number of aryl methyl sites for hydroxylation is 3. The van der Waals surface area contributed by atoms with Gasteiger partial charge in [0, 0.05) is 19.4 Å². The first-order chi connectivity index (χ1) is 13.5. The topological polar surface area (TPSA) is 73.2 Å². The Labute approximate surface area is 165 Å². The molecule has 0 bridgehead atoms. The summed E-state index contributed by atoms with van der Waals surface area (Å²) in [5.74, 6) is 1.27. The highest BCUT2D eigenvalue weighted by molar-refractivity contribution is 7.89. The number of rotatable bonds is 6. The van der Waals surface area contributed by atoms with Gasteiger partial charge in [0.2, 0.25) is 10.0 Å². The van der Waals surface area contributed by atoms with E-state index >= 15 is 0 Å². The smallest absolute Gasteiger partial charge is 0.241 e. The lowest BCUT2D eigenvalue weighted by molar-refractivity contribution is 0.413. The Morgan fingerprint density at radius 2 is 1.96 bits per heavy atom. The second-order valence-electron chi connectivity index (χ2n) is 7.01. The van der Waals surface area contributed by atoms with Crippen LogP contribution in [0.4, 0.5) is 0 Å². The van der Waals surface area contributed by atoms with Gasteiger partial charge in [-0.3, -0.25) is 0 Å². The van der Waals surface area contributed by atoms with Crippen LogP contribution in [0.2, 0.25) is 0 Å². The van der Waals surface area contributed by atoms with Gasteiger partial charge in [0.1, 0.15) is 17.6 Å². The maximum absolute atomic E-state index is 13.2. The van der Waals surface area contributed by atoms with Crippen molar-refractivity contribution in [3.8, 4) is 5.75 Å². The lowest BCUT2D eigenvalue weighted by Gasteiger charge is -2.20. The van der Waals surface area contributed by atoms with Crippen LogP contribution in [0.3, 0.4) is 0 Å². The van der Waals surface area contributed by atoms with E-state index < -0.39 is 16.1 Å². The van der Waals surface area contributed by atoms with Gasteiger partial charge in [0.05, 0.1) is 12.0 Å². The summed E-state index contributed by atoms with van der Waals surface area (Å²) in [5, 5.41) is 0. The van der Waals surface area contributed by atoms with Crippen molar-refractivity contribution in [2.45, 2.75) is 30.2 Å². The van der Waals surface area contributed by atoms with Crippen LogP contribution in [0, 0.1) is 0 Å². The van der Waals surface area contributed by atoms with E-state index in [4.69, 9.17) is 4.74 Å². The molecule has 4 rings (SSSR count). The highest BCUT2D eigenvalue weighted by Crippen LogP contribution is 2.28. The Kier molecular flexibility index (Phi) is 4.95. The summed E-state index contributed by atoms with van der Waals surface area (Å²) in [4.78, 5) is 4.67. The SMILES string of the molecule is COc1cccc(C(NS(=O)(=O)c2ccc3c(c2)CCC3)c2nccn2C)c1. The van der Waals surface area contributed by atoms with Crippen LogP contribution in [-0.2, 0) is 29.9 Å². The summed E-state index contributed by atoms with van der Waals surface area (Å²) in [7, 11) is -0.302. The number of fused-ring (bicyclic) bond motifs is 1. The molecule has 0 saturated heterocycles. The number of methoxy groups -OCH3 is 1. The van der Waals surface area contributed by atoms with E-state index in [1.165, 1.54) is 5.56 Å². The molecule has 2 aromatic carbocycles. The number of hydrogen-bond donors (Lipinski definition) is 1. The molecular formula is C21H23N3O3S. The molecular weight excluding hydrogens is 374 g/mol. The Bertz CT molecular complexity index is 1110. The summed E-state index contributed by atoms with van der Waals surface area (Å²) < 4.78 is 36.4. The lowest BCUT2D eigenvalue weighted by atomic mass is 10.1. The van der Waals surface area contributed by atoms with Crippen molar-refractivity contribution in [3.63, 3.8) is 0 Å². The summed E-state index contributed by atoms with van der Waals surface area (Å²) in [5.41, 5.74) is 3.13. The third-order valence-electron chi connectivity index (χ3n) is 5.20. The number of nitrogens with zero attached hydrogens (tertiary/aromatic N) is 2. The summed E-state index contributed by atoms with van der Waals surface area (Å²) in [6.07, 6.45) is 6.48. The van der Waals surface area contributed by atoms with Gasteiger partial charge >= 0.3 is 0 Å². The number of benzene rings is 2. The molecule has 1 unspecified atom stereocenters. The van der Waals surface area contributed by atoms with Gasteiger partial charge in [-0.05, 0) is 60.2 Å². The molecule has 0 spiro atoms. The molecule has 1 N–H and O–H groups in total. The Balaban J connectivity index is 1.74. The van der Waals surface area contributed by atoms with Crippen molar-refractivity contribution >= 4 is 10.0 Å². The van der Waals surface area contributed by atoms with E-state index in [0.29, 0.717) is 11.6 Å². The fourth-order valence-electron chi connectivity index (χ4n) is 3.68.